The first kappa shape index (κ1) is 23.8. The zero-order valence-corrected chi connectivity index (χ0v) is 19.8. The first-order valence-corrected chi connectivity index (χ1v) is 11.7. The van der Waals surface area contributed by atoms with Crippen LogP contribution in [0.5, 0.6) is 0 Å². The molecular formula is C25H16Cl2FN3O2S. The third kappa shape index (κ3) is 5.10. The molecule has 5 nitrogen and oxygen atoms in total. The maximum Gasteiger partial charge on any atom is 0.269 e. The molecule has 0 radical (unpaired) electrons. The summed E-state index contributed by atoms with van der Waals surface area (Å²) in [7, 11) is 0. The van der Waals surface area contributed by atoms with Crippen molar-refractivity contribution in [3.63, 3.8) is 0 Å². The van der Waals surface area contributed by atoms with Gasteiger partial charge >= 0.3 is 0 Å². The van der Waals surface area contributed by atoms with Gasteiger partial charge in [0.2, 0.25) is 5.91 Å². The molecule has 0 bridgehead atoms. The van der Waals surface area contributed by atoms with E-state index in [1.54, 1.807) is 48.5 Å². The third-order valence-electron chi connectivity index (χ3n) is 5.03. The van der Waals surface area contributed by atoms with E-state index in [1.807, 2.05) is 6.07 Å². The van der Waals surface area contributed by atoms with E-state index in [0.717, 1.165) is 17.3 Å². The van der Waals surface area contributed by atoms with Crippen LogP contribution < -0.4 is 10.2 Å². The van der Waals surface area contributed by atoms with Crippen LogP contribution in [0.1, 0.15) is 5.56 Å². The monoisotopic (exact) mass is 511 g/mol. The van der Waals surface area contributed by atoms with Crippen molar-refractivity contribution in [1.29, 1.82) is 5.26 Å². The molecule has 1 aliphatic rings. The molecule has 0 aliphatic carbocycles. The zero-order chi connectivity index (χ0) is 24.2. The number of para-hydroxylation sites is 1. The van der Waals surface area contributed by atoms with Gasteiger partial charge in [0, 0.05) is 11.4 Å². The van der Waals surface area contributed by atoms with E-state index in [2.05, 4.69) is 5.32 Å². The normalized spacial score (nSPS) is 16.8. The van der Waals surface area contributed by atoms with Crippen LogP contribution >= 0.6 is 35.0 Å². The highest BCUT2D eigenvalue weighted by atomic mass is 35.5. The molecule has 0 aromatic heterocycles. The van der Waals surface area contributed by atoms with Gasteiger partial charge in [0.1, 0.15) is 22.5 Å². The van der Waals surface area contributed by atoms with Crippen molar-refractivity contribution in [2.45, 2.75) is 11.7 Å². The lowest BCUT2D eigenvalue weighted by Crippen LogP contribution is -2.30. The number of nitrogens with zero attached hydrogens (tertiary/aromatic N) is 2. The number of halogens is 3. The van der Waals surface area contributed by atoms with Crippen molar-refractivity contribution in [3.05, 3.63) is 105 Å². The Morgan fingerprint density at radius 1 is 1.06 bits per heavy atom. The largest absolute Gasteiger partial charge is 0.321 e. The maximum absolute atomic E-state index is 13.4. The van der Waals surface area contributed by atoms with Crippen molar-refractivity contribution >= 4 is 58.2 Å². The average Bonchev–Trinajstić information content (AvgIpc) is 3.14. The number of rotatable bonds is 5. The van der Waals surface area contributed by atoms with Crippen molar-refractivity contribution < 1.29 is 14.0 Å². The number of hydrogen-bond acceptors (Lipinski definition) is 4. The number of amides is 2. The van der Waals surface area contributed by atoms with Crippen molar-refractivity contribution in [3.8, 4) is 6.07 Å². The van der Waals surface area contributed by atoms with Gasteiger partial charge in [-0.25, -0.2) is 4.39 Å². The highest BCUT2D eigenvalue weighted by molar-refractivity contribution is 8.05. The molecule has 34 heavy (non-hydrogen) atoms. The summed E-state index contributed by atoms with van der Waals surface area (Å²) in [4.78, 5) is 27.8. The summed E-state index contributed by atoms with van der Waals surface area (Å²) in [5, 5.41) is 12.7. The van der Waals surface area contributed by atoms with Gasteiger partial charge < -0.3 is 5.32 Å². The molecule has 9 heteroatoms. The molecule has 0 spiro atoms. The number of benzene rings is 3. The molecule has 1 heterocycles. The lowest BCUT2D eigenvalue weighted by atomic mass is 10.1. The molecule has 1 aliphatic heterocycles. The van der Waals surface area contributed by atoms with E-state index in [1.165, 1.54) is 29.2 Å². The second-order valence-corrected chi connectivity index (χ2v) is 9.33. The van der Waals surface area contributed by atoms with Gasteiger partial charge in [-0.3, -0.25) is 14.5 Å². The number of carbonyl (C=O) groups is 2. The lowest BCUT2D eigenvalue weighted by Gasteiger charge is -2.18. The standard InChI is InChI=1S/C25H16Cl2FN3O2S/c26-20-11-10-17(13-21(20)27)30-23(32)19(14-29)25-31(18-4-2-1-3-5-18)24(33)22(34-25)12-15-6-8-16(28)9-7-15/h1-11,13,22H,12H2,(H,30,32)/b25-19+/t22-/m1/s1. The van der Waals surface area contributed by atoms with Crippen LogP contribution in [0, 0.1) is 17.1 Å². The molecule has 3 aromatic carbocycles. The summed E-state index contributed by atoms with van der Waals surface area (Å²) in [6.45, 7) is 0. The Balaban J connectivity index is 1.70. The van der Waals surface area contributed by atoms with Gasteiger partial charge in [-0.2, -0.15) is 5.26 Å². The Morgan fingerprint density at radius 2 is 1.76 bits per heavy atom. The van der Waals surface area contributed by atoms with Crippen molar-refractivity contribution in [1.82, 2.24) is 0 Å². The second-order valence-electron chi connectivity index (χ2n) is 7.32. The Bertz CT molecular complexity index is 1320. The van der Waals surface area contributed by atoms with Gasteiger partial charge in [0.05, 0.1) is 15.3 Å². The summed E-state index contributed by atoms with van der Waals surface area (Å²) in [5.74, 6) is -1.32. The van der Waals surface area contributed by atoms with Crippen LogP contribution in [0.25, 0.3) is 0 Å². The van der Waals surface area contributed by atoms with Crippen LogP contribution in [0.4, 0.5) is 15.8 Å². The summed E-state index contributed by atoms with van der Waals surface area (Å²) in [6, 6.07) is 21.2. The summed E-state index contributed by atoms with van der Waals surface area (Å²) < 4.78 is 13.3. The van der Waals surface area contributed by atoms with Crippen LogP contribution in [0.3, 0.4) is 0 Å². The van der Waals surface area contributed by atoms with Crippen LogP contribution in [0.15, 0.2) is 83.4 Å². The first-order chi connectivity index (χ1) is 16.4. The highest BCUT2D eigenvalue weighted by Gasteiger charge is 2.40. The summed E-state index contributed by atoms with van der Waals surface area (Å²) in [5.41, 5.74) is 1.44. The zero-order valence-electron chi connectivity index (χ0n) is 17.5. The predicted octanol–water partition coefficient (Wildman–Crippen LogP) is 6.20. The van der Waals surface area contributed by atoms with E-state index in [4.69, 9.17) is 23.2 Å². The van der Waals surface area contributed by atoms with E-state index < -0.39 is 11.2 Å². The molecule has 0 unspecified atom stereocenters. The van der Waals surface area contributed by atoms with E-state index in [-0.39, 0.29) is 27.3 Å². The van der Waals surface area contributed by atoms with Gasteiger partial charge in [0.25, 0.3) is 5.91 Å². The smallest absolute Gasteiger partial charge is 0.269 e. The molecule has 1 atom stereocenters. The van der Waals surface area contributed by atoms with Crippen LogP contribution in [0.2, 0.25) is 10.0 Å². The molecular weight excluding hydrogens is 496 g/mol. The summed E-state index contributed by atoms with van der Waals surface area (Å²) >= 11 is 13.1. The number of nitriles is 1. The van der Waals surface area contributed by atoms with E-state index >= 15 is 0 Å². The number of thioether (sulfide) groups is 1. The SMILES string of the molecule is N#C/C(C(=O)Nc1ccc(Cl)c(Cl)c1)=C1\S[C@H](Cc2ccc(F)cc2)C(=O)N1c1ccccc1. The molecule has 170 valence electrons. The minimum Gasteiger partial charge on any atom is -0.321 e. The molecule has 0 saturated carbocycles. The Kier molecular flexibility index (Phi) is 7.23. The predicted molar refractivity (Wildman–Crippen MR) is 133 cm³/mol. The number of nitrogens with one attached hydrogen (secondary N) is 1. The molecule has 1 fully saturated rings. The first-order valence-electron chi connectivity index (χ1n) is 10.1. The van der Waals surface area contributed by atoms with Crippen LogP contribution in [-0.4, -0.2) is 17.1 Å². The Labute approximate surface area is 209 Å². The van der Waals surface area contributed by atoms with Gasteiger partial charge in [-0.05, 0) is 54.4 Å². The fourth-order valence-electron chi connectivity index (χ4n) is 3.40. The summed E-state index contributed by atoms with van der Waals surface area (Å²) in [6.07, 6.45) is 0.309. The Hall–Kier alpha value is -3.31. The molecule has 2 amide bonds. The number of hydrogen-bond donors (Lipinski definition) is 1. The van der Waals surface area contributed by atoms with Crippen molar-refractivity contribution in [2.75, 3.05) is 10.2 Å². The second kappa shape index (κ2) is 10.3. The maximum atomic E-state index is 13.4. The minimum absolute atomic E-state index is 0.213. The third-order valence-corrected chi connectivity index (χ3v) is 7.03. The van der Waals surface area contributed by atoms with Crippen molar-refractivity contribution in [2.24, 2.45) is 0 Å². The highest BCUT2D eigenvalue weighted by Crippen LogP contribution is 2.42. The quantitative estimate of drug-likeness (QED) is 0.327. The van der Waals surface area contributed by atoms with E-state index in [9.17, 15) is 19.2 Å². The topological polar surface area (TPSA) is 73.2 Å². The fraction of sp³-hybridized carbons (Fsp3) is 0.0800. The van der Waals surface area contributed by atoms with Gasteiger partial charge in [-0.1, -0.05) is 65.3 Å². The number of carbonyl (C=O) groups excluding carboxylic acids is 2. The molecule has 1 N–H and O–H groups in total. The molecule has 3 aromatic rings. The average molecular weight is 512 g/mol. The van der Waals surface area contributed by atoms with Gasteiger partial charge in [0.15, 0.2) is 0 Å². The van der Waals surface area contributed by atoms with Gasteiger partial charge in [-0.15, -0.1) is 0 Å². The fourth-order valence-corrected chi connectivity index (χ4v) is 5.01. The lowest BCUT2D eigenvalue weighted by molar-refractivity contribution is -0.117. The molecule has 1 saturated heterocycles. The van der Waals surface area contributed by atoms with Crippen LogP contribution in [-0.2, 0) is 16.0 Å². The number of anilines is 2. The minimum atomic E-state index is -0.681. The van der Waals surface area contributed by atoms with E-state index in [0.29, 0.717) is 22.8 Å². The Morgan fingerprint density at radius 3 is 2.41 bits per heavy atom. The molecule has 4 rings (SSSR count).